The van der Waals surface area contributed by atoms with Crippen molar-refractivity contribution in [2.45, 2.75) is 13.3 Å². The van der Waals surface area contributed by atoms with Crippen LogP contribution in [0.4, 0.5) is 0 Å². The van der Waals surface area contributed by atoms with Crippen LogP contribution in [-0.2, 0) is 4.79 Å². The zero-order valence-electron chi connectivity index (χ0n) is 4.09. The van der Waals surface area contributed by atoms with Crippen LogP contribution in [0.25, 0.3) is 0 Å². The maximum absolute atomic E-state index is 10.0. The zero-order chi connectivity index (χ0) is 5.70. The fourth-order valence-corrected chi connectivity index (χ4v) is 0.169. The lowest BCUT2D eigenvalue weighted by Gasteiger charge is -1.76. The molecule has 0 saturated heterocycles. The van der Waals surface area contributed by atoms with Crippen LogP contribution in [-0.4, -0.2) is 17.2 Å². The molecule has 0 bridgehead atoms. The molecular weight excluding hydrogens is 94.0 g/mol. The molecule has 0 heterocycles. The van der Waals surface area contributed by atoms with Crippen molar-refractivity contribution in [1.82, 2.24) is 0 Å². The first-order chi connectivity index (χ1) is 3.27. The molecule has 40 valence electrons. The summed E-state index contributed by atoms with van der Waals surface area (Å²) in [5.41, 5.74) is 0. The molecule has 0 unspecified atom stereocenters. The minimum absolute atomic E-state index is 0.00204. The van der Waals surface area contributed by atoms with Gasteiger partial charge in [-0.05, 0) is 6.92 Å². The zero-order valence-corrected chi connectivity index (χ0v) is 4.09. The Hall–Kier alpha value is -0.860. The number of ketones is 1. The lowest BCUT2D eigenvalue weighted by atomic mass is 10.3. The van der Waals surface area contributed by atoms with Crippen molar-refractivity contribution in [1.29, 1.82) is 0 Å². The summed E-state index contributed by atoms with van der Waals surface area (Å²) >= 11 is 0. The van der Waals surface area contributed by atoms with Gasteiger partial charge in [0.15, 0.2) is 0 Å². The Balaban J connectivity index is 3.14. The van der Waals surface area contributed by atoms with Crippen molar-refractivity contribution in [3.8, 4) is 0 Å². The van der Waals surface area contributed by atoms with E-state index in [1.165, 1.54) is 6.92 Å². The Labute approximate surface area is 41.6 Å². The number of nitrogens with zero attached hydrogens (tertiary/aromatic N) is 1. The molecule has 0 fully saturated rings. The molecule has 0 spiro atoms. The Kier molecular flexibility index (Phi) is 2.92. The van der Waals surface area contributed by atoms with E-state index in [0.717, 1.165) is 6.21 Å². The number of hydrogen-bond donors (Lipinski definition) is 1. The van der Waals surface area contributed by atoms with Gasteiger partial charge in [-0.3, -0.25) is 4.79 Å². The van der Waals surface area contributed by atoms with Gasteiger partial charge in [0.1, 0.15) is 5.78 Å². The molecule has 0 aromatic heterocycles. The molecule has 0 aromatic rings. The van der Waals surface area contributed by atoms with Gasteiger partial charge in [0.05, 0.1) is 6.21 Å². The molecule has 0 rings (SSSR count). The molecule has 7 heavy (non-hydrogen) atoms. The Morgan fingerprint density at radius 1 is 2.00 bits per heavy atom. The molecule has 0 saturated carbocycles. The average molecular weight is 101 g/mol. The monoisotopic (exact) mass is 101 g/mol. The van der Waals surface area contributed by atoms with E-state index in [2.05, 4.69) is 5.16 Å². The number of carbonyl (C=O) groups excluding carboxylic acids is 1. The highest BCUT2D eigenvalue weighted by molar-refractivity contribution is 5.89. The van der Waals surface area contributed by atoms with Crippen molar-refractivity contribution in [2.75, 3.05) is 0 Å². The number of rotatable bonds is 2. The van der Waals surface area contributed by atoms with E-state index in [0.29, 0.717) is 0 Å². The van der Waals surface area contributed by atoms with Gasteiger partial charge in [-0.2, -0.15) is 0 Å². The summed E-state index contributed by atoms with van der Waals surface area (Å²) in [7, 11) is 0. The van der Waals surface area contributed by atoms with E-state index in [1.807, 2.05) is 0 Å². The number of oxime groups is 1. The normalized spacial score (nSPS) is 9.86. The minimum atomic E-state index is -0.00204. The fraction of sp³-hybridized carbons (Fsp3) is 0.500. The molecular formula is C4H7NO2. The van der Waals surface area contributed by atoms with E-state index in [-0.39, 0.29) is 12.2 Å². The lowest BCUT2D eigenvalue weighted by Crippen LogP contribution is -1.88. The average Bonchev–Trinajstić information content (AvgIpc) is 1.61. The topological polar surface area (TPSA) is 49.7 Å². The maximum atomic E-state index is 10.0. The van der Waals surface area contributed by atoms with Crippen molar-refractivity contribution < 1.29 is 10.0 Å². The molecule has 0 aliphatic heterocycles. The molecule has 0 aliphatic carbocycles. The summed E-state index contributed by atoms with van der Waals surface area (Å²) in [4.78, 5) is 10.0. The third-order valence-electron chi connectivity index (χ3n) is 0.460. The van der Waals surface area contributed by atoms with Crippen LogP contribution in [0.1, 0.15) is 13.3 Å². The second kappa shape index (κ2) is 3.33. The number of Topliss-reactive ketones (excluding diaryl/α,β-unsaturated/α-hetero) is 1. The van der Waals surface area contributed by atoms with Crippen molar-refractivity contribution >= 4 is 12.0 Å². The van der Waals surface area contributed by atoms with Crippen molar-refractivity contribution in [3.63, 3.8) is 0 Å². The predicted molar refractivity (Wildman–Crippen MR) is 25.6 cm³/mol. The van der Waals surface area contributed by atoms with E-state index in [9.17, 15) is 4.79 Å². The number of hydrogen-bond acceptors (Lipinski definition) is 3. The quantitative estimate of drug-likeness (QED) is 0.311. The Bertz CT molecular complexity index is 87.7. The molecule has 0 radical (unpaired) electrons. The van der Waals surface area contributed by atoms with Crippen molar-refractivity contribution in [3.05, 3.63) is 0 Å². The molecule has 0 atom stereocenters. The van der Waals surface area contributed by atoms with Gasteiger partial charge in [0.2, 0.25) is 0 Å². The van der Waals surface area contributed by atoms with Gasteiger partial charge in [-0.15, -0.1) is 5.16 Å². The highest BCUT2D eigenvalue weighted by atomic mass is 16.4. The summed E-state index contributed by atoms with van der Waals surface area (Å²) in [5.74, 6) is -0.00204. The van der Waals surface area contributed by atoms with Crippen molar-refractivity contribution in [2.24, 2.45) is 5.16 Å². The second-order valence-electron chi connectivity index (χ2n) is 1.20. The Morgan fingerprint density at radius 3 is 2.71 bits per heavy atom. The molecule has 0 aliphatic rings. The van der Waals surface area contributed by atoms with Crippen LogP contribution < -0.4 is 0 Å². The van der Waals surface area contributed by atoms with E-state index < -0.39 is 0 Å². The highest BCUT2D eigenvalue weighted by Crippen LogP contribution is 1.72. The molecule has 0 aromatic carbocycles. The van der Waals surface area contributed by atoms with Gasteiger partial charge in [0.25, 0.3) is 0 Å². The summed E-state index contributed by atoms with van der Waals surface area (Å²) in [6.07, 6.45) is 1.37. The molecule has 0 amide bonds. The summed E-state index contributed by atoms with van der Waals surface area (Å²) < 4.78 is 0. The van der Waals surface area contributed by atoms with Crippen LogP contribution in [0, 0.1) is 0 Å². The first-order valence-corrected chi connectivity index (χ1v) is 1.92. The minimum Gasteiger partial charge on any atom is -0.411 e. The first-order valence-electron chi connectivity index (χ1n) is 1.92. The van der Waals surface area contributed by atoms with Gasteiger partial charge in [-0.25, -0.2) is 0 Å². The third-order valence-corrected chi connectivity index (χ3v) is 0.460. The van der Waals surface area contributed by atoms with Gasteiger partial charge in [-0.1, -0.05) is 0 Å². The smallest absolute Gasteiger partial charge is 0.135 e. The predicted octanol–water partition coefficient (Wildman–Crippen LogP) is 0.426. The van der Waals surface area contributed by atoms with Gasteiger partial charge < -0.3 is 5.21 Å². The van der Waals surface area contributed by atoms with E-state index >= 15 is 0 Å². The molecule has 1 N–H and O–H groups in total. The van der Waals surface area contributed by atoms with Crippen LogP contribution in [0.2, 0.25) is 0 Å². The summed E-state index contributed by atoms with van der Waals surface area (Å²) in [6, 6.07) is 0. The fourth-order valence-electron chi connectivity index (χ4n) is 0.169. The third kappa shape index (κ3) is 5.14. The standard InChI is InChI=1S/C4H7NO2/c1-4(6)2-3-5-7/h3,7H,2H2,1H3. The summed E-state index contributed by atoms with van der Waals surface area (Å²) in [5, 5.41) is 10.4. The van der Waals surface area contributed by atoms with Crippen LogP contribution in [0.15, 0.2) is 5.16 Å². The van der Waals surface area contributed by atoms with E-state index in [1.54, 1.807) is 0 Å². The van der Waals surface area contributed by atoms with Crippen LogP contribution in [0.3, 0.4) is 0 Å². The SMILES string of the molecule is CC(=O)CC=NO. The maximum Gasteiger partial charge on any atom is 0.135 e. The number of carbonyl (C=O) groups is 1. The van der Waals surface area contributed by atoms with Gasteiger partial charge in [0, 0.05) is 6.42 Å². The van der Waals surface area contributed by atoms with Gasteiger partial charge >= 0.3 is 0 Å². The van der Waals surface area contributed by atoms with Crippen LogP contribution in [0.5, 0.6) is 0 Å². The highest BCUT2D eigenvalue weighted by Gasteiger charge is 1.83. The lowest BCUT2D eigenvalue weighted by molar-refractivity contribution is -0.115. The molecule has 3 heteroatoms. The molecule has 3 nitrogen and oxygen atoms in total. The Morgan fingerprint density at radius 2 is 2.57 bits per heavy atom. The van der Waals surface area contributed by atoms with Crippen LogP contribution >= 0.6 is 0 Å². The van der Waals surface area contributed by atoms with E-state index in [4.69, 9.17) is 5.21 Å². The second-order valence-corrected chi connectivity index (χ2v) is 1.20. The largest absolute Gasteiger partial charge is 0.411 e. The first kappa shape index (κ1) is 6.14. The summed E-state index contributed by atoms with van der Waals surface area (Å²) in [6.45, 7) is 1.43.